The van der Waals surface area contributed by atoms with Gasteiger partial charge >= 0.3 is 0 Å². The summed E-state index contributed by atoms with van der Waals surface area (Å²) in [6.45, 7) is 0.342. The molecule has 86 valence electrons. The highest BCUT2D eigenvalue weighted by atomic mass is 19.3. The Morgan fingerprint density at radius 3 is 2.88 bits per heavy atom. The number of carbonyl (C=O) groups is 1. The molecule has 1 N–H and O–H groups in total. The van der Waals surface area contributed by atoms with Crippen LogP contribution in [0.3, 0.4) is 0 Å². The van der Waals surface area contributed by atoms with Crippen molar-refractivity contribution >= 4 is 5.91 Å². The van der Waals surface area contributed by atoms with Gasteiger partial charge in [0.25, 0.3) is 0 Å². The molecule has 1 aromatic rings. The Kier molecular flexibility index (Phi) is 2.85. The summed E-state index contributed by atoms with van der Waals surface area (Å²) < 4.78 is 25.0. The van der Waals surface area contributed by atoms with Gasteiger partial charge in [-0.2, -0.15) is 0 Å². The summed E-state index contributed by atoms with van der Waals surface area (Å²) in [5, 5.41) is 2.63. The first-order valence-corrected chi connectivity index (χ1v) is 5.11. The van der Waals surface area contributed by atoms with Crippen LogP contribution >= 0.6 is 0 Å². The summed E-state index contributed by atoms with van der Waals surface area (Å²) >= 11 is 0. The van der Waals surface area contributed by atoms with E-state index in [4.69, 9.17) is 0 Å². The topological polar surface area (TPSA) is 42.0 Å². The number of alkyl halides is 2. The number of amides is 1. The first-order chi connectivity index (χ1) is 7.57. The summed E-state index contributed by atoms with van der Waals surface area (Å²) in [6.07, 6.45) is 2.62. The summed E-state index contributed by atoms with van der Waals surface area (Å²) in [5.41, 5.74) is 0.863. The third kappa shape index (κ3) is 2.53. The van der Waals surface area contributed by atoms with Gasteiger partial charge in [-0.3, -0.25) is 9.78 Å². The zero-order chi connectivity index (χ0) is 11.6. The van der Waals surface area contributed by atoms with Gasteiger partial charge in [0.05, 0.1) is 0 Å². The standard InChI is InChI=1S/C11H12F2N2O/c12-11(13)4-9(5-11)10(16)15-7-8-2-1-3-14-6-8/h1-3,6,9H,4-5,7H2,(H,15,16). The van der Waals surface area contributed by atoms with E-state index >= 15 is 0 Å². The number of hydrogen-bond acceptors (Lipinski definition) is 2. The number of hydrogen-bond donors (Lipinski definition) is 1. The van der Waals surface area contributed by atoms with Crippen LogP contribution in [-0.4, -0.2) is 16.8 Å². The molecule has 0 spiro atoms. The maximum absolute atomic E-state index is 12.5. The Hall–Kier alpha value is -1.52. The van der Waals surface area contributed by atoms with Gasteiger partial charge < -0.3 is 5.32 Å². The molecule has 3 nitrogen and oxygen atoms in total. The maximum Gasteiger partial charge on any atom is 0.249 e. The molecular weight excluding hydrogens is 214 g/mol. The Labute approximate surface area is 91.9 Å². The third-order valence-corrected chi connectivity index (χ3v) is 2.65. The molecular formula is C11H12F2N2O. The van der Waals surface area contributed by atoms with E-state index < -0.39 is 11.8 Å². The highest BCUT2D eigenvalue weighted by molar-refractivity contribution is 5.79. The van der Waals surface area contributed by atoms with Gasteiger partial charge in [-0.05, 0) is 11.6 Å². The van der Waals surface area contributed by atoms with Crippen LogP contribution in [0.5, 0.6) is 0 Å². The Balaban J connectivity index is 1.77. The lowest BCUT2D eigenvalue weighted by Crippen LogP contribution is -2.44. The lowest BCUT2D eigenvalue weighted by atomic mass is 9.81. The van der Waals surface area contributed by atoms with Crippen molar-refractivity contribution in [1.82, 2.24) is 10.3 Å². The molecule has 1 saturated carbocycles. The Bertz CT molecular complexity index is 373. The van der Waals surface area contributed by atoms with E-state index in [2.05, 4.69) is 10.3 Å². The van der Waals surface area contributed by atoms with Crippen LogP contribution in [-0.2, 0) is 11.3 Å². The molecule has 1 aromatic heterocycles. The monoisotopic (exact) mass is 226 g/mol. The smallest absolute Gasteiger partial charge is 0.249 e. The quantitative estimate of drug-likeness (QED) is 0.853. The lowest BCUT2D eigenvalue weighted by Gasteiger charge is -2.33. The number of pyridine rings is 1. The molecule has 0 saturated heterocycles. The van der Waals surface area contributed by atoms with Crippen molar-refractivity contribution in [3.63, 3.8) is 0 Å². The highest BCUT2D eigenvalue weighted by Crippen LogP contribution is 2.42. The summed E-state index contributed by atoms with van der Waals surface area (Å²) in [7, 11) is 0. The number of carbonyl (C=O) groups excluding carboxylic acids is 1. The van der Waals surface area contributed by atoms with Gasteiger partial charge in [0.2, 0.25) is 11.8 Å². The van der Waals surface area contributed by atoms with Crippen molar-refractivity contribution in [3.05, 3.63) is 30.1 Å². The fraction of sp³-hybridized carbons (Fsp3) is 0.455. The van der Waals surface area contributed by atoms with E-state index in [0.29, 0.717) is 6.54 Å². The fourth-order valence-corrected chi connectivity index (χ4v) is 1.68. The molecule has 1 aliphatic carbocycles. The molecule has 1 heterocycles. The van der Waals surface area contributed by atoms with E-state index in [1.807, 2.05) is 6.07 Å². The second kappa shape index (κ2) is 4.15. The van der Waals surface area contributed by atoms with Crippen LogP contribution in [0, 0.1) is 5.92 Å². The number of aromatic nitrogens is 1. The molecule has 1 aliphatic rings. The minimum atomic E-state index is -2.64. The van der Waals surface area contributed by atoms with Gasteiger partial charge in [-0.1, -0.05) is 6.07 Å². The van der Waals surface area contributed by atoms with Crippen LogP contribution in [0.4, 0.5) is 8.78 Å². The summed E-state index contributed by atoms with van der Waals surface area (Å²) in [6, 6.07) is 3.58. The third-order valence-electron chi connectivity index (χ3n) is 2.65. The largest absolute Gasteiger partial charge is 0.352 e. The highest BCUT2D eigenvalue weighted by Gasteiger charge is 2.48. The van der Waals surface area contributed by atoms with Crippen LogP contribution < -0.4 is 5.32 Å². The van der Waals surface area contributed by atoms with Crippen LogP contribution in [0.2, 0.25) is 0 Å². The number of nitrogens with zero attached hydrogens (tertiary/aromatic N) is 1. The molecule has 1 amide bonds. The molecule has 0 atom stereocenters. The predicted molar refractivity (Wildman–Crippen MR) is 53.8 cm³/mol. The zero-order valence-electron chi connectivity index (χ0n) is 8.62. The minimum Gasteiger partial charge on any atom is -0.352 e. The summed E-state index contributed by atoms with van der Waals surface area (Å²) in [5.74, 6) is -3.47. The molecule has 1 fully saturated rings. The lowest BCUT2D eigenvalue weighted by molar-refractivity contribution is -0.150. The molecule has 0 aliphatic heterocycles. The first kappa shape index (κ1) is 11.0. The average molecular weight is 226 g/mol. The maximum atomic E-state index is 12.5. The molecule has 0 aromatic carbocycles. The van der Waals surface area contributed by atoms with E-state index in [-0.39, 0.29) is 18.7 Å². The summed E-state index contributed by atoms with van der Waals surface area (Å²) in [4.78, 5) is 15.3. The molecule has 0 bridgehead atoms. The fourth-order valence-electron chi connectivity index (χ4n) is 1.68. The van der Waals surface area contributed by atoms with E-state index in [0.717, 1.165) is 5.56 Å². The van der Waals surface area contributed by atoms with E-state index in [9.17, 15) is 13.6 Å². The van der Waals surface area contributed by atoms with Gasteiger partial charge in [-0.25, -0.2) is 8.78 Å². The van der Waals surface area contributed by atoms with E-state index in [1.165, 1.54) is 0 Å². The number of nitrogens with one attached hydrogen (secondary N) is 1. The van der Waals surface area contributed by atoms with Crippen molar-refractivity contribution in [3.8, 4) is 0 Å². The molecule has 0 unspecified atom stereocenters. The zero-order valence-corrected chi connectivity index (χ0v) is 8.62. The predicted octanol–water partition coefficient (Wildman–Crippen LogP) is 1.74. The second-order valence-electron chi connectivity index (χ2n) is 4.04. The number of rotatable bonds is 3. The van der Waals surface area contributed by atoms with Crippen LogP contribution in [0.25, 0.3) is 0 Å². The first-order valence-electron chi connectivity index (χ1n) is 5.11. The normalized spacial score (nSPS) is 18.9. The van der Waals surface area contributed by atoms with Crippen LogP contribution in [0.1, 0.15) is 18.4 Å². The minimum absolute atomic E-state index is 0.297. The molecule has 16 heavy (non-hydrogen) atoms. The molecule has 2 rings (SSSR count). The molecule has 5 heteroatoms. The van der Waals surface area contributed by atoms with Gasteiger partial charge in [0, 0.05) is 37.7 Å². The van der Waals surface area contributed by atoms with Crippen molar-refractivity contribution in [1.29, 1.82) is 0 Å². The van der Waals surface area contributed by atoms with E-state index in [1.54, 1.807) is 18.5 Å². The van der Waals surface area contributed by atoms with Crippen molar-refractivity contribution in [2.75, 3.05) is 0 Å². The second-order valence-corrected chi connectivity index (χ2v) is 4.04. The number of halogens is 2. The Morgan fingerprint density at radius 2 is 2.31 bits per heavy atom. The van der Waals surface area contributed by atoms with Crippen molar-refractivity contribution < 1.29 is 13.6 Å². The SMILES string of the molecule is O=C(NCc1cccnc1)C1CC(F)(F)C1. The van der Waals surface area contributed by atoms with Crippen LogP contribution in [0.15, 0.2) is 24.5 Å². The Morgan fingerprint density at radius 1 is 1.56 bits per heavy atom. The van der Waals surface area contributed by atoms with Crippen molar-refractivity contribution in [2.45, 2.75) is 25.3 Å². The molecule has 0 radical (unpaired) electrons. The van der Waals surface area contributed by atoms with Crippen molar-refractivity contribution in [2.24, 2.45) is 5.92 Å². The average Bonchev–Trinajstić information content (AvgIpc) is 2.24. The van der Waals surface area contributed by atoms with Gasteiger partial charge in [0.1, 0.15) is 0 Å². The van der Waals surface area contributed by atoms with Gasteiger partial charge in [-0.15, -0.1) is 0 Å². The van der Waals surface area contributed by atoms with Gasteiger partial charge in [0.15, 0.2) is 0 Å².